The van der Waals surface area contributed by atoms with Crippen molar-refractivity contribution in [1.82, 2.24) is 9.80 Å². The lowest BCUT2D eigenvalue weighted by atomic mass is 9.78. The molecule has 0 saturated heterocycles. The summed E-state index contributed by atoms with van der Waals surface area (Å²) in [7, 11) is 8.03. The Morgan fingerprint density at radius 3 is 1.53 bits per heavy atom. The van der Waals surface area contributed by atoms with Crippen LogP contribution in [0, 0.1) is 23.7 Å². The van der Waals surface area contributed by atoms with Crippen molar-refractivity contribution in [3.63, 3.8) is 0 Å². The Labute approximate surface area is 382 Å². The summed E-state index contributed by atoms with van der Waals surface area (Å²) in [4.78, 5) is 54.9. The van der Waals surface area contributed by atoms with Gasteiger partial charge in [-0.2, -0.15) is 0 Å². The van der Waals surface area contributed by atoms with Crippen molar-refractivity contribution in [2.45, 2.75) is 234 Å². The number of hydrogen-bond donors (Lipinski definition) is 0. The van der Waals surface area contributed by atoms with Gasteiger partial charge in [0.1, 0.15) is 25.4 Å². The quantitative estimate of drug-likeness (QED) is 0.0333. The van der Waals surface area contributed by atoms with Gasteiger partial charge in [-0.3, -0.25) is 19.2 Å². The minimum Gasteiger partial charge on any atom is -0.462 e. The molecule has 0 aromatic carbocycles. The molecular weight excluding hydrogens is 781 g/mol. The fourth-order valence-corrected chi connectivity index (χ4v) is 8.62. The van der Waals surface area contributed by atoms with Crippen LogP contribution in [-0.4, -0.2) is 100 Å². The first-order valence-corrected chi connectivity index (χ1v) is 25.8. The van der Waals surface area contributed by atoms with Gasteiger partial charge in [0.25, 0.3) is 0 Å². The maximum atomic E-state index is 13.2. The van der Waals surface area contributed by atoms with Gasteiger partial charge in [0.15, 0.2) is 0 Å². The molecule has 0 rings (SSSR count). The van der Waals surface area contributed by atoms with Crippen molar-refractivity contribution >= 4 is 23.9 Å². The molecule has 0 aliphatic heterocycles. The normalized spacial score (nSPS) is 14.6. The van der Waals surface area contributed by atoms with Gasteiger partial charge < -0.3 is 28.7 Å². The van der Waals surface area contributed by atoms with Crippen molar-refractivity contribution in [1.29, 1.82) is 0 Å². The first kappa shape index (κ1) is 59.8. The minimum absolute atomic E-state index is 0.104. The molecule has 0 amide bonds. The highest BCUT2D eigenvalue weighted by molar-refractivity contribution is 5.72. The number of ether oxygens (including phenoxy) is 4. The molecular formula is C52H100N2O8. The lowest BCUT2D eigenvalue weighted by molar-refractivity contribution is -0.160. The Morgan fingerprint density at radius 2 is 0.903 bits per heavy atom. The van der Waals surface area contributed by atoms with Crippen LogP contribution in [0.3, 0.4) is 0 Å². The summed E-state index contributed by atoms with van der Waals surface area (Å²) >= 11 is 0. The average Bonchev–Trinajstić information content (AvgIpc) is 3.22. The highest BCUT2D eigenvalue weighted by Crippen LogP contribution is 2.34. The van der Waals surface area contributed by atoms with Crippen molar-refractivity contribution in [2.75, 3.05) is 54.5 Å². The van der Waals surface area contributed by atoms with Crippen LogP contribution in [0.2, 0.25) is 0 Å². The topological polar surface area (TPSA) is 112 Å². The molecule has 0 saturated carbocycles. The molecule has 366 valence electrons. The lowest BCUT2D eigenvalue weighted by Crippen LogP contribution is -2.26. The lowest BCUT2D eigenvalue weighted by Gasteiger charge is -2.28. The smallest absolute Gasteiger partial charge is 0.309 e. The number of carbonyl (C=O) groups is 4. The summed E-state index contributed by atoms with van der Waals surface area (Å²) < 4.78 is 22.4. The zero-order valence-electron chi connectivity index (χ0n) is 42.3. The Bertz CT molecular complexity index is 1100. The first-order valence-electron chi connectivity index (χ1n) is 25.8. The number of carbonyl (C=O) groups excluding carboxylic acids is 4. The molecule has 0 spiro atoms. The maximum Gasteiger partial charge on any atom is 0.309 e. The van der Waals surface area contributed by atoms with Crippen LogP contribution >= 0.6 is 0 Å². The van der Waals surface area contributed by atoms with E-state index in [0.717, 1.165) is 96.6 Å². The van der Waals surface area contributed by atoms with Gasteiger partial charge >= 0.3 is 23.9 Å². The van der Waals surface area contributed by atoms with Crippen LogP contribution in [0.4, 0.5) is 0 Å². The van der Waals surface area contributed by atoms with Crippen LogP contribution < -0.4 is 0 Å². The van der Waals surface area contributed by atoms with Gasteiger partial charge in [0.2, 0.25) is 0 Å². The molecule has 62 heavy (non-hydrogen) atoms. The van der Waals surface area contributed by atoms with E-state index in [4.69, 9.17) is 18.9 Å². The molecule has 0 aromatic rings. The van der Waals surface area contributed by atoms with Crippen molar-refractivity contribution in [3.8, 4) is 0 Å². The average molecular weight is 881 g/mol. The van der Waals surface area contributed by atoms with E-state index in [1.165, 1.54) is 77.0 Å². The second-order valence-electron chi connectivity index (χ2n) is 19.2. The number of hydrogen-bond acceptors (Lipinski definition) is 10. The molecule has 0 fully saturated rings. The Kier molecular flexibility index (Phi) is 38.9. The second-order valence-corrected chi connectivity index (χ2v) is 19.2. The molecule has 0 aromatic heterocycles. The van der Waals surface area contributed by atoms with Gasteiger partial charge in [-0.15, -0.1) is 0 Å². The second kappa shape index (κ2) is 40.3. The molecule has 0 aliphatic carbocycles. The van der Waals surface area contributed by atoms with Crippen LogP contribution in [0.25, 0.3) is 0 Å². The van der Waals surface area contributed by atoms with E-state index in [1.54, 1.807) is 13.8 Å². The van der Waals surface area contributed by atoms with Crippen molar-refractivity contribution < 1.29 is 38.1 Å². The van der Waals surface area contributed by atoms with Crippen LogP contribution in [-0.2, 0) is 38.1 Å². The Morgan fingerprint density at radius 1 is 0.435 bits per heavy atom. The van der Waals surface area contributed by atoms with E-state index in [0.29, 0.717) is 37.0 Å². The standard InChI is InChI=1S/C52H100N2O8/c1-11-15-18-19-21-29-45(40-51(57)59-41-43(5)61-49(55)36-24-25-38-53(7)8)30-26-35-46(28-14-4)47(31-16-12-2)33-22-20-23-34-48(32-17-13-3)52(58)60-42-44(6)62-50(56)37-27-39-54(9)10/h43-48H,11-42H2,1-10H3. The summed E-state index contributed by atoms with van der Waals surface area (Å²) in [5, 5.41) is 0. The molecule has 10 heteroatoms. The van der Waals surface area contributed by atoms with Crippen molar-refractivity contribution in [3.05, 3.63) is 0 Å². The van der Waals surface area contributed by atoms with Gasteiger partial charge in [-0.1, -0.05) is 143 Å². The summed E-state index contributed by atoms with van der Waals surface area (Å²) in [5.74, 6) is 0.829. The number of esters is 4. The summed E-state index contributed by atoms with van der Waals surface area (Å²) in [5.41, 5.74) is 0. The highest BCUT2D eigenvalue weighted by Gasteiger charge is 2.24. The first-order chi connectivity index (χ1) is 29.8. The Balaban J connectivity index is 5.17. The molecule has 0 heterocycles. The Hall–Kier alpha value is -2.20. The number of rotatable bonds is 43. The fraction of sp³-hybridized carbons (Fsp3) is 0.923. The highest BCUT2D eigenvalue weighted by atomic mass is 16.6. The predicted molar refractivity (Wildman–Crippen MR) is 256 cm³/mol. The van der Waals surface area contributed by atoms with E-state index in [2.05, 4.69) is 32.6 Å². The minimum atomic E-state index is -0.446. The molecule has 0 bridgehead atoms. The van der Waals surface area contributed by atoms with E-state index in [-0.39, 0.29) is 43.0 Å². The number of unbranched alkanes of at least 4 members (excludes halogenated alkanes) is 9. The molecule has 10 nitrogen and oxygen atoms in total. The molecule has 0 N–H and O–H groups in total. The van der Waals surface area contributed by atoms with Gasteiger partial charge in [-0.25, -0.2) is 0 Å². The van der Waals surface area contributed by atoms with Gasteiger partial charge in [0.05, 0.1) is 5.92 Å². The van der Waals surface area contributed by atoms with Crippen molar-refractivity contribution in [2.24, 2.45) is 23.7 Å². The SMILES string of the molecule is CCCCCCCC(CCCC(CCC)C(CCCC)CCCCCC(CCCC)C(=O)OCC(C)OC(=O)CCCN(C)C)CC(=O)OCC(C)OC(=O)CCCCN(C)C. The zero-order chi connectivity index (χ0) is 46.4. The van der Waals surface area contributed by atoms with Crippen LogP contribution in [0.15, 0.2) is 0 Å². The van der Waals surface area contributed by atoms with Crippen LogP contribution in [0.1, 0.15) is 221 Å². The largest absolute Gasteiger partial charge is 0.462 e. The molecule has 0 radical (unpaired) electrons. The maximum absolute atomic E-state index is 13.2. The predicted octanol–water partition coefficient (Wildman–Crippen LogP) is 12.5. The van der Waals surface area contributed by atoms with Gasteiger partial charge in [-0.05, 0) is 118 Å². The van der Waals surface area contributed by atoms with Gasteiger partial charge in [0, 0.05) is 19.3 Å². The molecule has 6 atom stereocenters. The van der Waals surface area contributed by atoms with E-state index in [1.807, 2.05) is 33.1 Å². The van der Waals surface area contributed by atoms with Crippen LogP contribution in [0.5, 0.6) is 0 Å². The van der Waals surface area contributed by atoms with E-state index >= 15 is 0 Å². The summed E-state index contributed by atoms with van der Waals surface area (Å²) in [6, 6.07) is 0. The summed E-state index contributed by atoms with van der Waals surface area (Å²) in [6.07, 6.45) is 27.8. The van der Waals surface area contributed by atoms with E-state index in [9.17, 15) is 19.2 Å². The third-order valence-electron chi connectivity index (χ3n) is 12.3. The van der Waals surface area contributed by atoms with E-state index < -0.39 is 12.2 Å². The zero-order valence-corrected chi connectivity index (χ0v) is 42.3. The molecule has 6 unspecified atom stereocenters. The summed E-state index contributed by atoms with van der Waals surface area (Å²) in [6.45, 7) is 14.6. The fourth-order valence-electron chi connectivity index (χ4n) is 8.62. The third-order valence-corrected chi connectivity index (χ3v) is 12.3. The third kappa shape index (κ3) is 35.2. The molecule has 0 aliphatic rings. The monoisotopic (exact) mass is 881 g/mol. The number of nitrogens with zero attached hydrogens (tertiary/aromatic N) is 2.